The number of hydrogen-bond acceptors (Lipinski definition) is 8. The van der Waals surface area contributed by atoms with Crippen LogP contribution in [0, 0.1) is 10.1 Å². The molecule has 1 aromatic heterocycles. The lowest BCUT2D eigenvalue weighted by Gasteiger charge is -2.13. The van der Waals surface area contributed by atoms with Gasteiger partial charge in [-0.3, -0.25) is 25.8 Å². The lowest BCUT2D eigenvalue weighted by atomic mass is 10.2. The number of carbonyl (C=O) groups excluding carboxylic acids is 1. The molecular weight excluding hydrogens is 420 g/mol. The molecule has 1 atom stereocenters. The molecule has 0 bridgehead atoms. The van der Waals surface area contributed by atoms with Crippen molar-refractivity contribution in [2.75, 3.05) is 23.9 Å². The standard InChI is InChI=1S/C16H17BrN6O4/c17-12-6-2-1-5-11(12)16(24)22-21-15-13(23(25)26)14(19-9-20-15)18-8-10-4-3-7-27-10/h1-2,5-6,9-10H,3-4,7-8H2,(H,22,24)(H2,18,19,20,21). The van der Waals surface area contributed by atoms with Crippen molar-refractivity contribution in [1.82, 2.24) is 15.4 Å². The molecular formula is C16H17BrN6O4. The van der Waals surface area contributed by atoms with E-state index in [1.54, 1.807) is 24.3 Å². The van der Waals surface area contributed by atoms with Crippen molar-refractivity contribution in [2.45, 2.75) is 18.9 Å². The van der Waals surface area contributed by atoms with E-state index in [1.165, 1.54) is 6.33 Å². The van der Waals surface area contributed by atoms with Gasteiger partial charge in [0.05, 0.1) is 16.6 Å². The summed E-state index contributed by atoms with van der Waals surface area (Å²) in [6, 6.07) is 6.81. The minimum Gasteiger partial charge on any atom is -0.376 e. The van der Waals surface area contributed by atoms with Crippen molar-refractivity contribution >= 4 is 39.2 Å². The number of carbonyl (C=O) groups is 1. The van der Waals surface area contributed by atoms with Crippen LogP contribution >= 0.6 is 15.9 Å². The van der Waals surface area contributed by atoms with E-state index < -0.39 is 10.8 Å². The molecule has 11 heteroatoms. The maximum Gasteiger partial charge on any atom is 0.354 e. The van der Waals surface area contributed by atoms with Crippen molar-refractivity contribution in [3.63, 3.8) is 0 Å². The number of nitro groups is 1. The van der Waals surface area contributed by atoms with Crippen molar-refractivity contribution in [2.24, 2.45) is 0 Å². The highest BCUT2D eigenvalue weighted by atomic mass is 79.9. The zero-order valence-electron chi connectivity index (χ0n) is 14.1. The summed E-state index contributed by atoms with van der Waals surface area (Å²) in [6.45, 7) is 1.09. The van der Waals surface area contributed by atoms with Crippen molar-refractivity contribution < 1.29 is 14.5 Å². The number of anilines is 2. The SMILES string of the molecule is O=C(NNc1ncnc(NCC2CCCO2)c1[N+](=O)[O-])c1ccccc1Br. The Bertz CT molecular complexity index is 843. The Morgan fingerprint density at radius 3 is 2.81 bits per heavy atom. The number of nitrogens with zero attached hydrogens (tertiary/aromatic N) is 3. The maximum absolute atomic E-state index is 12.3. The van der Waals surface area contributed by atoms with Gasteiger partial charge in [0.2, 0.25) is 11.6 Å². The number of nitrogens with one attached hydrogen (secondary N) is 3. The van der Waals surface area contributed by atoms with E-state index in [-0.39, 0.29) is 23.4 Å². The maximum atomic E-state index is 12.3. The van der Waals surface area contributed by atoms with E-state index in [9.17, 15) is 14.9 Å². The second kappa shape index (κ2) is 8.73. The minimum absolute atomic E-state index is 0.00823. The monoisotopic (exact) mass is 436 g/mol. The fourth-order valence-corrected chi connectivity index (χ4v) is 3.08. The van der Waals surface area contributed by atoms with Crippen LogP contribution in [0.1, 0.15) is 23.2 Å². The first kappa shape index (κ1) is 19.0. The predicted octanol–water partition coefficient (Wildman–Crippen LogP) is 2.50. The molecule has 0 radical (unpaired) electrons. The molecule has 1 amide bonds. The third-order valence-corrected chi connectivity index (χ3v) is 4.63. The Labute approximate surface area is 163 Å². The summed E-state index contributed by atoms with van der Waals surface area (Å²) in [6.07, 6.45) is 3.02. The molecule has 2 aromatic rings. The van der Waals surface area contributed by atoms with Crippen LogP contribution in [0.15, 0.2) is 35.1 Å². The van der Waals surface area contributed by atoms with Crippen molar-refractivity contribution in [3.05, 3.63) is 50.7 Å². The Morgan fingerprint density at radius 2 is 2.11 bits per heavy atom. The average molecular weight is 437 g/mol. The highest BCUT2D eigenvalue weighted by molar-refractivity contribution is 9.10. The largest absolute Gasteiger partial charge is 0.376 e. The van der Waals surface area contributed by atoms with E-state index >= 15 is 0 Å². The van der Waals surface area contributed by atoms with Gasteiger partial charge in [-0.2, -0.15) is 0 Å². The van der Waals surface area contributed by atoms with Crippen LogP contribution in [-0.4, -0.2) is 40.1 Å². The second-order valence-corrected chi connectivity index (χ2v) is 6.61. The lowest BCUT2D eigenvalue weighted by Crippen LogP contribution is -2.30. The van der Waals surface area contributed by atoms with Gasteiger partial charge in [0.15, 0.2) is 0 Å². The van der Waals surface area contributed by atoms with Crippen molar-refractivity contribution in [3.8, 4) is 0 Å². The zero-order valence-corrected chi connectivity index (χ0v) is 15.7. The molecule has 2 heterocycles. The molecule has 1 aromatic carbocycles. The normalized spacial score (nSPS) is 16.0. The molecule has 1 unspecified atom stereocenters. The van der Waals surface area contributed by atoms with Gasteiger partial charge in [-0.25, -0.2) is 9.97 Å². The average Bonchev–Trinajstić information content (AvgIpc) is 3.18. The predicted molar refractivity (Wildman–Crippen MR) is 101 cm³/mol. The fourth-order valence-electron chi connectivity index (χ4n) is 2.62. The number of amides is 1. The molecule has 3 N–H and O–H groups in total. The van der Waals surface area contributed by atoms with Gasteiger partial charge >= 0.3 is 5.69 Å². The topological polar surface area (TPSA) is 131 Å². The number of aromatic nitrogens is 2. The molecule has 0 aliphatic carbocycles. The summed E-state index contributed by atoms with van der Waals surface area (Å²) < 4.78 is 6.09. The van der Waals surface area contributed by atoms with Crippen molar-refractivity contribution in [1.29, 1.82) is 0 Å². The third-order valence-electron chi connectivity index (χ3n) is 3.94. The van der Waals surface area contributed by atoms with Gasteiger partial charge in [0.25, 0.3) is 5.91 Å². The van der Waals surface area contributed by atoms with Crippen LogP contribution in [0.5, 0.6) is 0 Å². The highest BCUT2D eigenvalue weighted by Crippen LogP contribution is 2.29. The van der Waals surface area contributed by atoms with E-state index in [0.29, 0.717) is 23.2 Å². The lowest BCUT2D eigenvalue weighted by molar-refractivity contribution is -0.383. The van der Waals surface area contributed by atoms with Gasteiger partial charge < -0.3 is 10.1 Å². The van der Waals surface area contributed by atoms with Crippen LogP contribution in [0.2, 0.25) is 0 Å². The van der Waals surface area contributed by atoms with E-state index in [2.05, 4.69) is 42.1 Å². The Balaban J connectivity index is 1.72. The second-order valence-electron chi connectivity index (χ2n) is 5.75. The fraction of sp³-hybridized carbons (Fsp3) is 0.312. The van der Waals surface area contributed by atoms with Crippen LogP contribution in [-0.2, 0) is 4.74 Å². The molecule has 27 heavy (non-hydrogen) atoms. The molecule has 0 saturated carbocycles. The first-order chi connectivity index (χ1) is 13.1. The Hall–Kier alpha value is -2.79. The quantitative estimate of drug-likeness (QED) is 0.445. The van der Waals surface area contributed by atoms with E-state index in [0.717, 1.165) is 12.8 Å². The number of hydrazine groups is 1. The first-order valence-corrected chi connectivity index (χ1v) is 9.01. The molecule has 0 spiro atoms. The van der Waals surface area contributed by atoms with Gasteiger partial charge in [0, 0.05) is 17.6 Å². The molecule has 1 aliphatic rings. The zero-order chi connectivity index (χ0) is 19.2. The summed E-state index contributed by atoms with van der Waals surface area (Å²) in [7, 11) is 0. The molecule has 10 nitrogen and oxygen atoms in total. The molecule has 142 valence electrons. The Kier molecular flexibility index (Phi) is 6.14. The number of benzene rings is 1. The molecule has 3 rings (SSSR count). The van der Waals surface area contributed by atoms with Crippen LogP contribution in [0.3, 0.4) is 0 Å². The summed E-state index contributed by atoms with van der Waals surface area (Å²) in [5, 5.41) is 14.4. The van der Waals surface area contributed by atoms with Gasteiger partial charge in [0.1, 0.15) is 6.33 Å². The first-order valence-electron chi connectivity index (χ1n) is 8.22. The summed E-state index contributed by atoms with van der Waals surface area (Å²) in [5.41, 5.74) is 4.93. The number of halogens is 1. The molecule has 1 fully saturated rings. The van der Waals surface area contributed by atoms with E-state index in [4.69, 9.17) is 4.74 Å². The number of hydrogen-bond donors (Lipinski definition) is 3. The summed E-state index contributed by atoms with van der Waals surface area (Å²) >= 11 is 3.28. The third kappa shape index (κ3) is 4.68. The van der Waals surface area contributed by atoms with Crippen LogP contribution in [0.4, 0.5) is 17.3 Å². The smallest absolute Gasteiger partial charge is 0.354 e. The van der Waals surface area contributed by atoms with Crippen LogP contribution in [0.25, 0.3) is 0 Å². The molecule has 1 aliphatic heterocycles. The van der Waals surface area contributed by atoms with Gasteiger partial charge in [-0.15, -0.1) is 0 Å². The minimum atomic E-state index is -0.606. The summed E-state index contributed by atoms with van der Waals surface area (Å²) in [4.78, 5) is 31.0. The molecule has 1 saturated heterocycles. The highest BCUT2D eigenvalue weighted by Gasteiger charge is 2.25. The van der Waals surface area contributed by atoms with Crippen LogP contribution < -0.4 is 16.2 Å². The number of ether oxygens (including phenoxy) is 1. The van der Waals surface area contributed by atoms with Gasteiger partial charge in [-0.1, -0.05) is 12.1 Å². The van der Waals surface area contributed by atoms with Gasteiger partial charge in [-0.05, 0) is 40.9 Å². The van der Waals surface area contributed by atoms with E-state index in [1.807, 2.05) is 0 Å². The summed E-state index contributed by atoms with van der Waals surface area (Å²) in [5.74, 6) is -0.530. The Morgan fingerprint density at radius 1 is 1.33 bits per heavy atom. The number of rotatable bonds is 7.